The largest absolute Gasteiger partial charge is 0.153 e. The van der Waals surface area contributed by atoms with Crippen LogP contribution < -0.4 is 10.6 Å². The van der Waals surface area contributed by atoms with Gasteiger partial charge in [0.25, 0.3) is 0 Å². The molecule has 116 valence electrons. The Morgan fingerprint density at radius 2 is 1.09 bits per heavy atom. The molecule has 3 aromatic rings. The van der Waals surface area contributed by atoms with Crippen LogP contribution in [0.5, 0.6) is 0 Å². The second-order valence-corrected chi connectivity index (χ2v) is 12.3. The molecule has 0 atom stereocenters. The average Bonchev–Trinajstić information content (AvgIpc) is 2.60. The molecule has 0 aliphatic heterocycles. The third kappa shape index (κ3) is 3.42. The van der Waals surface area contributed by atoms with Crippen molar-refractivity contribution in [3.63, 3.8) is 0 Å². The molecule has 0 fully saturated rings. The maximum absolute atomic E-state index is 4.22. The van der Waals surface area contributed by atoms with E-state index in [2.05, 4.69) is 108 Å². The molecule has 0 heterocycles. The van der Waals surface area contributed by atoms with Gasteiger partial charge in [-0.1, -0.05) is 54.6 Å². The van der Waals surface area contributed by atoms with Crippen molar-refractivity contribution in [2.45, 2.75) is 20.0 Å². The lowest BCUT2D eigenvalue weighted by molar-refractivity contribution is 1.23. The zero-order chi connectivity index (χ0) is 16.3. The number of halogens is 1. The molecule has 3 rings (SSSR count). The van der Waals surface area contributed by atoms with Crippen molar-refractivity contribution in [3.05, 3.63) is 95.6 Å². The highest BCUT2D eigenvalue weighted by molar-refractivity contribution is 9.43. The van der Waals surface area contributed by atoms with Crippen LogP contribution >= 0.6 is 21.5 Å². The first-order chi connectivity index (χ1) is 11.1. The molecule has 23 heavy (non-hydrogen) atoms. The molecular weight excluding hydrogens is 363 g/mol. The van der Waals surface area contributed by atoms with Gasteiger partial charge in [0.05, 0.1) is 0 Å². The van der Waals surface area contributed by atoms with Gasteiger partial charge in [-0.3, -0.25) is 0 Å². The van der Waals surface area contributed by atoms with Gasteiger partial charge in [0.2, 0.25) is 0 Å². The molecule has 0 saturated heterocycles. The predicted molar refractivity (Wildman–Crippen MR) is 108 cm³/mol. The van der Waals surface area contributed by atoms with E-state index in [1.807, 2.05) is 0 Å². The molecule has 0 bridgehead atoms. The van der Waals surface area contributed by atoms with Crippen LogP contribution in [0.25, 0.3) is 0 Å². The SMILES string of the molecule is Cc1cccc(C)c1C[P+](Br)(c1ccccc1)c1ccccc1. The smallest absolute Gasteiger partial charge is 0.0620 e. The molecule has 0 N–H and O–H groups in total. The minimum Gasteiger partial charge on any atom is -0.0620 e. The number of aryl methyl sites for hydroxylation is 2. The lowest BCUT2D eigenvalue weighted by Crippen LogP contribution is -2.19. The standard InChI is InChI=1S/C21H21BrP/c1-17-10-9-11-18(2)21(17)16-23(22,19-12-5-3-6-13-19)20-14-7-4-8-15-20/h3-15H,16H2,1-2H3/q+1. The van der Waals surface area contributed by atoms with Gasteiger partial charge < -0.3 is 0 Å². The second-order valence-electron chi connectivity index (χ2n) is 5.92. The normalized spacial score (nSPS) is 11.4. The van der Waals surface area contributed by atoms with Gasteiger partial charge in [-0.25, -0.2) is 0 Å². The Labute approximate surface area is 147 Å². The van der Waals surface area contributed by atoms with Crippen LogP contribution in [0.3, 0.4) is 0 Å². The quantitative estimate of drug-likeness (QED) is 0.500. The summed E-state index contributed by atoms with van der Waals surface area (Å²) in [5, 5.41) is 2.79. The van der Waals surface area contributed by atoms with Crippen LogP contribution in [0.4, 0.5) is 0 Å². The molecule has 2 heteroatoms. The molecule has 0 saturated carbocycles. The van der Waals surface area contributed by atoms with Crippen molar-refractivity contribution in [3.8, 4) is 0 Å². The van der Waals surface area contributed by atoms with Crippen molar-refractivity contribution in [1.82, 2.24) is 0 Å². The minimum atomic E-state index is -1.64. The monoisotopic (exact) mass is 383 g/mol. The van der Waals surface area contributed by atoms with Crippen molar-refractivity contribution in [1.29, 1.82) is 0 Å². The Hall–Kier alpha value is -1.43. The summed E-state index contributed by atoms with van der Waals surface area (Å²) in [6.07, 6.45) is 1.04. The number of rotatable bonds is 4. The molecule has 3 aromatic carbocycles. The van der Waals surface area contributed by atoms with Gasteiger partial charge in [-0.05, 0) is 54.8 Å². The number of hydrogen-bond donors (Lipinski definition) is 0. The van der Waals surface area contributed by atoms with E-state index in [4.69, 9.17) is 0 Å². The summed E-state index contributed by atoms with van der Waals surface area (Å²) in [5.41, 5.74) is 4.21. The Morgan fingerprint density at radius 3 is 1.52 bits per heavy atom. The average molecular weight is 384 g/mol. The summed E-state index contributed by atoms with van der Waals surface area (Å²) < 4.78 is 0. The molecule has 0 radical (unpaired) electrons. The van der Waals surface area contributed by atoms with E-state index >= 15 is 0 Å². The van der Waals surface area contributed by atoms with Crippen LogP contribution in [-0.2, 0) is 6.16 Å². The Bertz CT molecular complexity index is 722. The fourth-order valence-electron chi connectivity index (χ4n) is 2.98. The van der Waals surface area contributed by atoms with Crippen molar-refractivity contribution >= 4 is 32.1 Å². The first-order valence-corrected chi connectivity index (χ1v) is 11.8. The van der Waals surface area contributed by atoms with Crippen LogP contribution in [0, 0.1) is 13.8 Å². The maximum atomic E-state index is 4.22. The molecule has 0 aliphatic rings. The van der Waals surface area contributed by atoms with Crippen LogP contribution in [-0.4, -0.2) is 0 Å². The van der Waals surface area contributed by atoms with E-state index < -0.39 is 5.96 Å². The molecule has 0 amide bonds. The summed E-state index contributed by atoms with van der Waals surface area (Å²) in [7, 11) is 0. The zero-order valence-corrected chi connectivity index (χ0v) is 16.0. The van der Waals surface area contributed by atoms with Gasteiger partial charge in [0, 0.05) is 0 Å². The van der Waals surface area contributed by atoms with Gasteiger partial charge in [0.1, 0.15) is 16.8 Å². The van der Waals surface area contributed by atoms with E-state index in [-0.39, 0.29) is 0 Å². The molecular formula is C21H21BrP+. The minimum absolute atomic E-state index is 1.04. The fraction of sp³-hybridized carbons (Fsp3) is 0.143. The van der Waals surface area contributed by atoms with Gasteiger partial charge in [-0.2, -0.15) is 0 Å². The lowest BCUT2D eigenvalue weighted by Gasteiger charge is -2.22. The molecule has 0 unspecified atom stereocenters. The predicted octanol–water partition coefficient (Wildman–Crippen LogP) is 5.78. The van der Waals surface area contributed by atoms with Gasteiger partial charge in [0.15, 0.2) is 21.5 Å². The van der Waals surface area contributed by atoms with Crippen molar-refractivity contribution in [2.75, 3.05) is 0 Å². The first kappa shape index (κ1) is 16.4. The van der Waals surface area contributed by atoms with E-state index in [0.29, 0.717) is 0 Å². The summed E-state index contributed by atoms with van der Waals surface area (Å²) in [6, 6.07) is 28.3. The number of hydrogen-bond acceptors (Lipinski definition) is 0. The van der Waals surface area contributed by atoms with Gasteiger partial charge in [-0.15, -0.1) is 0 Å². The summed E-state index contributed by atoms with van der Waals surface area (Å²) in [4.78, 5) is 0. The number of benzene rings is 3. The van der Waals surface area contributed by atoms with Crippen LogP contribution in [0.2, 0.25) is 0 Å². The maximum Gasteiger partial charge on any atom is 0.153 e. The molecule has 0 nitrogen and oxygen atoms in total. The van der Waals surface area contributed by atoms with Crippen molar-refractivity contribution in [2.24, 2.45) is 0 Å². The Morgan fingerprint density at radius 1 is 0.652 bits per heavy atom. The Balaban J connectivity index is 2.14. The lowest BCUT2D eigenvalue weighted by atomic mass is 10.1. The highest BCUT2D eigenvalue weighted by atomic mass is 79.9. The van der Waals surface area contributed by atoms with E-state index in [1.54, 1.807) is 0 Å². The highest BCUT2D eigenvalue weighted by Crippen LogP contribution is 2.66. The van der Waals surface area contributed by atoms with E-state index in [1.165, 1.54) is 27.3 Å². The van der Waals surface area contributed by atoms with Crippen molar-refractivity contribution < 1.29 is 0 Å². The third-order valence-corrected chi connectivity index (χ3v) is 10.5. The third-order valence-electron chi connectivity index (χ3n) is 4.35. The first-order valence-electron chi connectivity index (χ1n) is 7.85. The Kier molecular flexibility index (Phi) is 4.99. The van der Waals surface area contributed by atoms with E-state index in [0.717, 1.165) is 6.16 Å². The summed E-state index contributed by atoms with van der Waals surface area (Å²) in [6.45, 7) is 4.44. The summed E-state index contributed by atoms with van der Waals surface area (Å²) >= 11 is 4.22. The topological polar surface area (TPSA) is 0 Å². The molecule has 0 aliphatic carbocycles. The fourth-order valence-corrected chi connectivity index (χ4v) is 8.03. The summed E-state index contributed by atoms with van der Waals surface area (Å²) in [5.74, 6) is -1.64. The zero-order valence-electron chi connectivity index (χ0n) is 13.5. The second kappa shape index (κ2) is 6.99. The van der Waals surface area contributed by atoms with Crippen LogP contribution in [0.15, 0.2) is 78.9 Å². The molecule has 0 aromatic heterocycles. The highest BCUT2D eigenvalue weighted by Gasteiger charge is 2.41. The van der Waals surface area contributed by atoms with Gasteiger partial charge >= 0.3 is 0 Å². The van der Waals surface area contributed by atoms with E-state index in [9.17, 15) is 0 Å². The van der Waals surface area contributed by atoms with Crippen LogP contribution in [0.1, 0.15) is 16.7 Å². The molecule has 0 spiro atoms.